The fourth-order valence-electron chi connectivity index (χ4n) is 3.57. The van der Waals surface area contributed by atoms with Crippen molar-refractivity contribution in [3.8, 4) is 0 Å². The Morgan fingerprint density at radius 3 is 2.58 bits per heavy atom. The minimum absolute atomic E-state index is 0. The van der Waals surface area contributed by atoms with Crippen LogP contribution in [0.3, 0.4) is 0 Å². The molecule has 19 heavy (non-hydrogen) atoms. The Labute approximate surface area is 123 Å². The molecular formula is C15H29ClN2O. The van der Waals surface area contributed by atoms with Crippen LogP contribution in [0.1, 0.15) is 51.9 Å². The van der Waals surface area contributed by atoms with Gasteiger partial charge in [-0.15, -0.1) is 12.4 Å². The second-order valence-corrected chi connectivity index (χ2v) is 6.20. The van der Waals surface area contributed by atoms with Gasteiger partial charge in [-0.2, -0.15) is 0 Å². The van der Waals surface area contributed by atoms with E-state index in [0.717, 1.165) is 31.8 Å². The van der Waals surface area contributed by atoms with Crippen LogP contribution in [-0.4, -0.2) is 37.0 Å². The number of likely N-dealkylation sites (tertiary alicyclic amines) is 1. The predicted octanol–water partition coefficient (Wildman–Crippen LogP) is 2.84. The lowest BCUT2D eigenvalue weighted by Gasteiger charge is -2.34. The van der Waals surface area contributed by atoms with Crippen molar-refractivity contribution >= 4 is 18.3 Å². The first-order valence-corrected chi connectivity index (χ1v) is 7.66. The monoisotopic (exact) mass is 288 g/mol. The molecule has 1 aliphatic heterocycles. The summed E-state index contributed by atoms with van der Waals surface area (Å²) >= 11 is 0. The molecule has 0 aromatic heterocycles. The first kappa shape index (κ1) is 16.8. The SMILES string of the molecule is CNC1CCCN(C(=O)C(C)CC2CCCC2)C1.Cl. The molecule has 4 heteroatoms. The van der Waals surface area contributed by atoms with Crippen molar-refractivity contribution in [3.63, 3.8) is 0 Å². The molecule has 1 aliphatic carbocycles. The fraction of sp³-hybridized carbons (Fsp3) is 0.933. The minimum Gasteiger partial charge on any atom is -0.341 e. The number of carbonyl (C=O) groups excluding carboxylic acids is 1. The van der Waals surface area contributed by atoms with Gasteiger partial charge in [-0.3, -0.25) is 4.79 Å². The molecule has 2 atom stereocenters. The molecule has 1 heterocycles. The molecule has 0 bridgehead atoms. The van der Waals surface area contributed by atoms with E-state index in [1.807, 2.05) is 7.05 Å². The third-order valence-electron chi connectivity index (χ3n) is 4.72. The standard InChI is InChI=1S/C15H28N2O.ClH/c1-12(10-13-6-3-4-7-13)15(18)17-9-5-8-14(11-17)16-2;/h12-14,16H,3-11H2,1-2H3;1H. The van der Waals surface area contributed by atoms with Crippen LogP contribution >= 0.6 is 12.4 Å². The number of hydrogen-bond acceptors (Lipinski definition) is 2. The third-order valence-corrected chi connectivity index (χ3v) is 4.72. The summed E-state index contributed by atoms with van der Waals surface area (Å²) in [5, 5.41) is 3.31. The van der Waals surface area contributed by atoms with Crippen LogP contribution in [0.5, 0.6) is 0 Å². The summed E-state index contributed by atoms with van der Waals surface area (Å²) in [7, 11) is 2.00. The lowest BCUT2D eigenvalue weighted by molar-refractivity contribution is -0.136. The molecule has 1 saturated heterocycles. The van der Waals surface area contributed by atoms with Gasteiger partial charge in [0.2, 0.25) is 5.91 Å². The van der Waals surface area contributed by atoms with E-state index < -0.39 is 0 Å². The summed E-state index contributed by atoms with van der Waals surface area (Å²) < 4.78 is 0. The van der Waals surface area contributed by atoms with Crippen molar-refractivity contribution < 1.29 is 4.79 Å². The zero-order chi connectivity index (χ0) is 13.0. The molecule has 0 radical (unpaired) electrons. The third kappa shape index (κ3) is 4.64. The Bertz CT molecular complexity index is 279. The van der Waals surface area contributed by atoms with Gasteiger partial charge in [0, 0.05) is 25.0 Å². The van der Waals surface area contributed by atoms with Gasteiger partial charge in [0.15, 0.2) is 0 Å². The highest BCUT2D eigenvalue weighted by atomic mass is 35.5. The number of piperidine rings is 1. The van der Waals surface area contributed by atoms with E-state index in [2.05, 4.69) is 17.1 Å². The number of carbonyl (C=O) groups is 1. The van der Waals surface area contributed by atoms with E-state index in [1.165, 1.54) is 32.1 Å². The molecule has 2 unspecified atom stereocenters. The molecule has 0 aromatic carbocycles. The van der Waals surface area contributed by atoms with E-state index in [4.69, 9.17) is 0 Å². The van der Waals surface area contributed by atoms with Gasteiger partial charge < -0.3 is 10.2 Å². The second-order valence-electron chi connectivity index (χ2n) is 6.20. The number of halogens is 1. The first-order valence-electron chi connectivity index (χ1n) is 7.66. The van der Waals surface area contributed by atoms with Crippen LogP contribution in [0.15, 0.2) is 0 Å². The lowest BCUT2D eigenvalue weighted by Crippen LogP contribution is -2.48. The maximum absolute atomic E-state index is 12.4. The minimum atomic E-state index is 0. The fourth-order valence-corrected chi connectivity index (χ4v) is 3.57. The second kappa shape index (κ2) is 8.11. The zero-order valence-electron chi connectivity index (χ0n) is 12.4. The van der Waals surface area contributed by atoms with Crippen LogP contribution < -0.4 is 5.32 Å². The average molecular weight is 289 g/mol. The van der Waals surface area contributed by atoms with Crippen molar-refractivity contribution in [2.45, 2.75) is 57.9 Å². The number of rotatable bonds is 4. The van der Waals surface area contributed by atoms with Gasteiger partial charge >= 0.3 is 0 Å². The van der Waals surface area contributed by atoms with Crippen LogP contribution in [0.4, 0.5) is 0 Å². The van der Waals surface area contributed by atoms with E-state index in [9.17, 15) is 4.79 Å². The molecule has 2 fully saturated rings. The van der Waals surface area contributed by atoms with E-state index >= 15 is 0 Å². The van der Waals surface area contributed by atoms with E-state index in [0.29, 0.717) is 11.9 Å². The highest BCUT2D eigenvalue weighted by Crippen LogP contribution is 2.31. The highest BCUT2D eigenvalue weighted by Gasteiger charge is 2.28. The molecule has 1 N–H and O–H groups in total. The largest absolute Gasteiger partial charge is 0.341 e. The molecular weight excluding hydrogens is 260 g/mol. The van der Waals surface area contributed by atoms with Crippen LogP contribution in [0.25, 0.3) is 0 Å². The molecule has 2 aliphatic rings. The van der Waals surface area contributed by atoms with Gasteiger partial charge in [-0.05, 0) is 32.2 Å². The Hall–Kier alpha value is -0.280. The Morgan fingerprint density at radius 1 is 1.26 bits per heavy atom. The molecule has 1 saturated carbocycles. The summed E-state index contributed by atoms with van der Waals surface area (Å²) in [4.78, 5) is 14.5. The zero-order valence-corrected chi connectivity index (χ0v) is 13.2. The van der Waals surface area contributed by atoms with Crippen LogP contribution in [0, 0.1) is 11.8 Å². The smallest absolute Gasteiger partial charge is 0.225 e. The Balaban J connectivity index is 0.00000180. The van der Waals surface area contributed by atoms with Crippen LogP contribution in [-0.2, 0) is 4.79 Å². The van der Waals surface area contributed by atoms with Crippen molar-refractivity contribution in [2.24, 2.45) is 11.8 Å². The lowest BCUT2D eigenvalue weighted by atomic mass is 9.93. The average Bonchev–Trinajstić information content (AvgIpc) is 2.90. The number of amides is 1. The van der Waals surface area contributed by atoms with Crippen molar-refractivity contribution in [2.75, 3.05) is 20.1 Å². The first-order chi connectivity index (χ1) is 8.70. The van der Waals surface area contributed by atoms with Gasteiger partial charge in [0.1, 0.15) is 0 Å². The summed E-state index contributed by atoms with van der Waals surface area (Å²) in [6.07, 6.45) is 8.89. The summed E-state index contributed by atoms with van der Waals surface area (Å²) in [5.74, 6) is 1.43. The molecule has 1 amide bonds. The van der Waals surface area contributed by atoms with Gasteiger partial charge in [0.05, 0.1) is 0 Å². The topological polar surface area (TPSA) is 32.3 Å². The predicted molar refractivity (Wildman–Crippen MR) is 81.6 cm³/mol. The van der Waals surface area contributed by atoms with E-state index in [-0.39, 0.29) is 18.3 Å². The molecule has 0 spiro atoms. The molecule has 3 nitrogen and oxygen atoms in total. The molecule has 2 rings (SSSR count). The number of hydrogen-bond donors (Lipinski definition) is 1. The van der Waals surface area contributed by atoms with Gasteiger partial charge in [-0.1, -0.05) is 32.6 Å². The Kier molecular flexibility index (Phi) is 7.16. The van der Waals surface area contributed by atoms with Crippen molar-refractivity contribution in [1.29, 1.82) is 0 Å². The maximum Gasteiger partial charge on any atom is 0.225 e. The molecule has 0 aromatic rings. The van der Waals surface area contributed by atoms with Gasteiger partial charge in [0.25, 0.3) is 0 Å². The Morgan fingerprint density at radius 2 is 1.95 bits per heavy atom. The highest BCUT2D eigenvalue weighted by molar-refractivity contribution is 5.85. The van der Waals surface area contributed by atoms with Crippen molar-refractivity contribution in [3.05, 3.63) is 0 Å². The number of nitrogens with zero attached hydrogens (tertiary/aromatic N) is 1. The van der Waals surface area contributed by atoms with Crippen LogP contribution in [0.2, 0.25) is 0 Å². The summed E-state index contributed by atoms with van der Waals surface area (Å²) in [5.41, 5.74) is 0. The maximum atomic E-state index is 12.4. The molecule has 112 valence electrons. The van der Waals surface area contributed by atoms with E-state index in [1.54, 1.807) is 0 Å². The normalized spacial score (nSPS) is 26.0. The summed E-state index contributed by atoms with van der Waals surface area (Å²) in [6.45, 7) is 4.00. The van der Waals surface area contributed by atoms with Crippen molar-refractivity contribution in [1.82, 2.24) is 10.2 Å². The quantitative estimate of drug-likeness (QED) is 0.863. The van der Waals surface area contributed by atoms with Gasteiger partial charge in [-0.25, -0.2) is 0 Å². The number of likely N-dealkylation sites (N-methyl/N-ethyl adjacent to an activating group) is 1. The number of nitrogens with one attached hydrogen (secondary N) is 1. The summed E-state index contributed by atoms with van der Waals surface area (Å²) in [6, 6.07) is 0.501.